The Hall–Kier alpha value is -1.36. The zero-order valence-corrected chi connectivity index (χ0v) is 9.02. The van der Waals surface area contributed by atoms with Crippen LogP contribution in [0.3, 0.4) is 0 Å². The van der Waals surface area contributed by atoms with Crippen LogP contribution in [-0.2, 0) is 9.63 Å². The lowest BCUT2D eigenvalue weighted by atomic mass is 10.1. The van der Waals surface area contributed by atoms with E-state index in [9.17, 15) is 9.59 Å². The minimum atomic E-state index is -0.430. The summed E-state index contributed by atoms with van der Waals surface area (Å²) >= 11 is 2.80. The molecule has 0 heterocycles. The number of hydrogen-bond acceptors (Lipinski definition) is 3. The van der Waals surface area contributed by atoms with Gasteiger partial charge in [-0.05, 0) is 19.1 Å². The van der Waals surface area contributed by atoms with Gasteiger partial charge < -0.3 is 4.84 Å². The second-order valence-corrected chi connectivity index (χ2v) is 3.27. The predicted octanol–water partition coefficient (Wildman–Crippen LogP) is 1.84. The molecule has 1 rings (SSSR count). The largest absolute Gasteiger partial charge is 0.330 e. The Labute approximate surface area is 89.8 Å². The molecule has 1 aromatic carbocycles. The van der Waals surface area contributed by atoms with Crippen molar-refractivity contribution in [2.24, 2.45) is 0 Å². The van der Waals surface area contributed by atoms with E-state index in [1.165, 1.54) is 0 Å². The molecular formula is C9H8BrNO3. The number of hydroxylamine groups is 1. The molecule has 1 amide bonds. The van der Waals surface area contributed by atoms with Gasteiger partial charge in [0.15, 0.2) is 0 Å². The number of aryl methyl sites for hydroxylation is 1. The fraction of sp³-hybridized carbons (Fsp3) is 0.111. The summed E-state index contributed by atoms with van der Waals surface area (Å²) in [5.74, 6) is -0.430. The molecular weight excluding hydrogens is 250 g/mol. The van der Waals surface area contributed by atoms with Crippen LogP contribution in [0.4, 0.5) is 0 Å². The SMILES string of the molecule is Cc1cccc(C(=O)N(Br)OC=O)c1. The van der Waals surface area contributed by atoms with E-state index < -0.39 is 5.91 Å². The highest BCUT2D eigenvalue weighted by Gasteiger charge is 2.13. The molecule has 5 heteroatoms. The van der Waals surface area contributed by atoms with E-state index in [2.05, 4.69) is 21.0 Å². The van der Waals surface area contributed by atoms with Gasteiger partial charge in [0.25, 0.3) is 5.91 Å². The van der Waals surface area contributed by atoms with Crippen molar-refractivity contribution in [1.29, 1.82) is 0 Å². The summed E-state index contributed by atoms with van der Waals surface area (Å²) in [5, 5.41) is 0. The monoisotopic (exact) mass is 257 g/mol. The third-order valence-corrected chi connectivity index (χ3v) is 2.05. The molecule has 1 aromatic rings. The highest BCUT2D eigenvalue weighted by molar-refractivity contribution is 9.07. The Morgan fingerprint density at radius 1 is 1.57 bits per heavy atom. The second-order valence-electron chi connectivity index (χ2n) is 2.62. The molecule has 0 bridgehead atoms. The van der Waals surface area contributed by atoms with Gasteiger partial charge in [0.1, 0.15) is 0 Å². The van der Waals surface area contributed by atoms with Crippen LogP contribution in [0.25, 0.3) is 0 Å². The van der Waals surface area contributed by atoms with Crippen LogP contribution in [0.1, 0.15) is 15.9 Å². The smallest absolute Gasteiger partial charge is 0.322 e. The number of carbonyl (C=O) groups is 2. The lowest BCUT2D eigenvalue weighted by Gasteiger charge is -2.09. The number of rotatable bonds is 3. The number of carbonyl (C=O) groups excluding carboxylic acids is 2. The molecule has 0 N–H and O–H groups in total. The maximum atomic E-state index is 11.5. The fourth-order valence-electron chi connectivity index (χ4n) is 0.965. The Morgan fingerprint density at radius 3 is 2.86 bits per heavy atom. The molecule has 0 radical (unpaired) electrons. The fourth-order valence-corrected chi connectivity index (χ4v) is 1.24. The van der Waals surface area contributed by atoms with E-state index in [-0.39, 0.29) is 6.47 Å². The van der Waals surface area contributed by atoms with Crippen LogP contribution < -0.4 is 0 Å². The van der Waals surface area contributed by atoms with Gasteiger partial charge in [-0.1, -0.05) is 21.8 Å². The van der Waals surface area contributed by atoms with Crippen molar-refractivity contribution in [1.82, 2.24) is 4.09 Å². The van der Waals surface area contributed by atoms with Gasteiger partial charge in [-0.15, -0.1) is 0 Å². The standard InChI is InChI=1S/C9H8BrNO3/c1-7-3-2-4-8(5-7)9(13)11(10)14-6-12/h2-6H,1H3. The number of halogens is 1. The number of benzene rings is 1. The van der Waals surface area contributed by atoms with Crippen molar-refractivity contribution in [3.63, 3.8) is 0 Å². The lowest BCUT2D eigenvalue weighted by Crippen LogP contribution is -2.20. The maximum Gasteiger partial charge on any atom is 0.322 e. The first-order chi connectivity index (χ1) is 6.65. The molecule has 14 heavy (non-hydrogen) atoms. The zero-order valence-electron chi connectivity index (χ0n) is 7.44. The average molecular weight is 258 g/mol. The summed E-state index contributed by atoms with van der Waals surface area (Å²) in [6.07, 6.45) is 0. The van der Waals surface area contributed by atoms with Crippen molar-refractivity contribution in [3.8, 4) is 0 Å². The van der Waals surface area contributed by atoms with Gasteiger partial charge in [-0.2, -0.15) is 0 Å². The molecule has 0 aliphatic carbocycles. The van der Waals surface area contributed by atoms with Crippen LogP contribution in [0.15, 0.2) is 24.3 Å². The lowest BCUT2D eigenvalue weighted by molar-refractivity contribution is -0.144. The first kappa shape index (κ1) is 10.7. The van der Waals surface area contributed by atoms with Crippen LogP contribution in [0, 0.1) is 6.92 Å². The molecule has 0 aliphatic heterocycles. The molecule has 74 valence electrons. The van der Waals surface area contributed by atoms with Crippen LogP contribution in [0.5, 0.6) is 0 Å². The third-order valence-electron chi connectivity index (χ3n) is 1.56. The van der Waals surface area contributed by atoms with Gasteiger partial charge in [0, 0.05) is 5.56 Å². The van der Waals surface area contributed by atoms with E-state index in [4.69, 9.17) is 0 Å². The van der Waals surface area contributed by atoms with Crippen LogP contribution in [-0.4, -0.2) is 16.5 Å². The number of hydrogen-bond donors (Lipinski definition) is 0. The van der Waals surface area contributed by atoms with Gasteiger partial charge in [-0.25, -0.2) is 0 Å². The highest BCUT2D eigenvalue weighted by atomic mass is 79.9. The summed E-state index contributed by atoms with van der Waals surface area (Å²) in [6.45, 7) is 2.04. The molecule has 0 spiro atoms. The van der Waals surface area contributed by atoms with Gasteiger partial charge in [0.05, 0.1) is 16.1 Å². The van der Waals surface area contributed by atoms with Gasteiger partial charge in [-0.3, -0.25) is 9.59 Å². The highest BCUT2D eigenvalue weighted by Crippen LogP contribution is 2.10. The first-order valence-electron chi connectivity index (χ1n) is 3.82. The molecule has 0 unspecified atom stereocenters. The van der Waals surface area contributed by atoms with Crippen LogP contribution in [0.2, 0.25) is 0 Å². The van der Waals surface area contributed by atoms with E-state index in [0.29, 0.717) is 9.65 Å². The van der Waals surface area contributed by atoms with Gasteiger partial charge >= 0.3 is 6.47 Å². The minimum absolute atomic E-state index is 0.169. The summed E-state index contributed by atoms with van der Waals surface area (Å²) in [7, 11) is 0. The third kappa shape index (κ3) is 2.56. The predicted molar refractivity (Wildman–Crippen MR) is 53.4 cm³/mol. The Bertz CT molecular complexity index is 354. The molecule has 0 fully saturated rings. The number of nitrogens with zero attached hydrogens (tertiary/aromatic N) is 1. The number of amides is 1. The summed E-state index contributed by atoms with van der Waals surface area (Å²) in [4.78, 5) is 25.8. The van der Waals surface area contributed by atoms with Crippen molar-refractivity contribution >= 4 is 28.5 Å². The quantitative estimate of drug-likeness (QED) is 0.472. The average Bonchev–Trinajstić information content (AvgIpc) is 2.17. The zero-order chi connectivity index (χ0) is 10.6. The minimum Gasteiger partial charge on any atom is -0.330 e. The van der Waals surface area contributed by atoms with E-state index in [1.54, 1.807) is 18.2 Å². The first-order valence-corrected chi connectivity index (χ1v) is 4.53. The maximum absolute atomic E-state index is 11.5. The summed E-state index contributed by atoms with van der Waals surface area (Å²) in [6, 6.07) is 6.96. The van der Waals surface area contributed by atoms with Crippen molar-refractivity contribution in [3.05, 3.63) is 35.4 Å². The summed E-state index contributed by atoms with van der Waals surface area (Å²) < 4.78 is 0.703. The molecule has 4 nitrogen and oxygen atoms in total. The van der Waals surface area contributed by atoms with Crippen LogP contribution >= 0.6 is 16.1 Å². The summed E-state index contributed by atoms with van der Waals surface area (Å²) in [5.41, 5.74) is 1.41. The second kappa shape index (κ2) is 4.76. The Balaban J connectivity index is 2.83. The molecule has 0 saturated carbocycles. The van der Waals surface area contributed by atoms with E-state index in [0.717, 1.165) is 5.56 Å². The Morgan fingerprint density at radius 2 is 2.29 bits per heavy atom. The van der Waals surface area contributed by atoms with Gasteiger partial charge in [0.2, 0.25) is 0 Å². The van der Waals surface area contributed by atoms with Crippen molar-refractivity contribution in [2.75, 3.05) is 0 Å². The molecule has 0 aliphatic rings. The molecule has 0 aromatic heterocycles. The molecule has 0 saturated heterocycles. The normalized spacial score (nSPS) is 9.29. The van der Waals surface area contributed by atoms with E-state index >= 15 is 0 Å². The van der Waals surface area contributed by atoms with Crippen molar-refractivity contribution < 1.29 is 14.4 Å². The topological polar surface area (TPSA) is 46.6 Å². The van der Waals surface area contributed by atoms with E-state index in [1.807, 2.05) is 13.0 Å². The Kier molecular flexibility index (Phi) is 3.64. The van der Waals surface area contributed by atoms with Crippen molar-refractivity contribution in [2.45, 2.75) is 6.92 Å². The molecule has 0 atom stereocenters.